The first-order chi connectivity index (χ1) is 6.58. The second-order valence-electron chi connectivity index (χ2n) is 3.48. The molecule has 74 valence electrons. The first-order valence-electron chi connectivity index (χ1n) is 4.40. The Balaban J connectivity index is 2.57. The molecule has 4 heteroatoms. The number of aromatic carboxylic acids is 1. The molecule has 0 saturated carbocycles. The molecule has 1 heterocycles. The molecular formula is C10H11NO2S. The van der Waals surface area contributed by atoms with Crippen LogP contribution in [0, 0.1) is 0 Å². The molecule has 0 aliphatic carbocycles. The van der Waals surface area contributed by atoms with Crippen LogP contribution in [0.5, 0.6) is 0 Å². The van der Waals surface area contributed by atoms with Gasteiger partial charge in [0.15, 0.2) is 0 Å². The molecule has 1 unspecified atom stereocenters. The van der Waals surface area contributed by atoms with Gasteiger partial charge in [0.2, 0.25) is 0 Å². The third kappa shape index (κ3) is 1.46. The number of hydrogen-bond acceptors (Lipinski definition) is 3. The fraction of sp³-hybridized carbons (Fsp3) is 0.300. The summed E-state index contributed by atoms with van der Waals surface area (Å²) in [5.41, 5.74) is 7.46. The highest BCUT2D eigenvalue weighted by Gasteiger charge is 2.24. The van der Waals surface area contributed by atoms with Crippen molar-refractivity contribution in [2.24, 2.45) is 0 Å². The molecule has 1 aliphatic rings. The number of carboxylic acids is 1. The second-order valence-corrected chi connectivity index (χ2v) is 4.96. The smallest absolute Gasteiger partial charge is 0.336 e. The molecule has 3 N–H and O–H groups in total. The molecule has 0 aromatic heterocycles. The Morgan fingerprint density at radius 1 is 1.64 bits per heavy atom. The molecule has 0 radical (unpaired) electrons. The molecule has 0 saturated heterocycles. The molecule has 0 bridgehead atoms. The van der Waals surface area contributed by atoms with Gasteiger partial charge in [0.25, 0.3) is 0 Å². The maximum absolute atomic E-state index is 11.0. The van der Waals surface area contributed by atoms with E-state index in [-0.39, 0.29) is 0 Å². The van der Waals surface area contributed by atoms with E-state index in [1.165, 1.54) is 0 Å². The van der Waals surface area contributed by atoms with Gasteiger partial charge in [-0.25, -0.2) is 4.79 Å². The number of carboxylic acid groups (broad SMARTS) is 1. The topological polar surface area (TPSA) is 63.3 Å². The van der Waals surface area contributed by atoms with Gasteiger partial charge >= 0.3 is 5.97 Å². The third-order valence-corrected chi connectivity index (χ3v) is 3.47. The standard InChI is InChI=1S/C10H11NO2S/c1-5-2-7-8(10(12)13)3-6(11)4-9(7)14-5/h3-5H,2,11H2,1H3,(H,12,13). The van der Waals surface area contributed by atoms with Crippen LogP contribution in [0.3, 0.4) is 0 Å². The van der Waals surface area contributed by atoms with Gasteiger partial charge in [-0.15, -0.1) is 11.8 Å². The first kappa shape index (κ1) is 9.40. The Labute approximate surface area is 86.3 Å². The van der Waals surface area contributed by atoms with E-state index in [4.69, 9.17) is 10.8 Å². The van der Waals surface area contributed by atoms with E-state index in [1.54, 1.807) is 17.8 Å². The van der Waals surface area contributed by atoms with Crippen LogP contribution in [0.1, 0.15) is 22.8 Å². The Kier molecular flexibility index (Phi) is 2.15. The highest BCUT2D eigenvalue weighted by molar-refractivity contribution is 8.00. The van der Waals surface area contributed by atoms with Crippen molar-refractivity contribution in [3.05, 3.63) is 23.3 Å². The molecule has 0 spiro atoms. The summed E-state index contributed by atoms with van der Waals surface area (Å²) in [6.45, 7) is 2.09. The lowest BCUT2D eigenvalue weighted by Crippen LogP contribution is -2.04. The van der Waals surface area contributed by atoms with Crippen LogP contribution in [0.2, 0.25) is 0 Å². The zero-order valence-electron chi connectivity index (χ0n) is 7.78. The van der Waals surface area contributed by atoms with E-state index >= 15 is 0 Å². The van der Waals surface area contributed by atoms with Crippen molar-refractivity contribution >= 4 is 23.4 Å². The Bertz CT molecular complexity index is 403. The summed E-state index contributed by atoms with van der Waals surface area (Å²) >= 11 is 1.69. The second kappa shape index (κ2) is 3.20. The molecule has 1 aromatic carbocycles. The monoisotopic (exact) mass is 209 g/mol. The van der Waals surface area contributed by atoms with Gasteiger partial charge in [-0.3, -0.25) is 0 Å². The van der Waals surface area contributed by atoms with Crippen LogP contribution < -0.4 is 5.73 Å². The zero-order chi connectivity index (χ0) is 10.3. The summed E-state index contributed by atoms with van der Waals surface area (Å²) in [6, 6.07) is 3.40. The van der Waals surface area contributed by atoms with Crippen molar-refractivity contribution in [2.75, 3.05) is 5.73 Å². The maximum atomic E-state index is 11.0. The number of thioether (sulfide) groups is 1. The predicted octanol–water partition coefficient (Wildman–Crippen LogP) is 2.00. The summed E-state index contributed by atoms with van der Waals surface area (Å²) in [5, 5.41) is 9.44. The molecule has 0 amide bonds. The highest BCUT2D eigenvalue weighted by Crippen LogP contribution is 2.39. The summed E-state index contributed by atoms with van der Waals surface area (Å²) in [6.07, 6.45) is 0.821. The van der Waals surface area contributed by atoms with Crippen LogP contribution in [0.15, 0.2) is 17.0 Å². The summed E-state index contributed by atoms with van der Waals surface area (Å²) in [4.78, 5) is 12.0. The van der Waals surface area contributed by atoms with Crippen molar-refractivity contribution in [2.45, 2.75) is 23.5 Å². The minimum atomic E-state index is -0.886. The van der Waals surface area contributed by atoms with Crippen LogP contribution in [0.4, 0.5) is 5.69 Å². The summed E-state index contributed by atoms with van der Waals surface area (Å²) < 4.78 is 0. The van der Waals surface area contributed by atoms with Crippen LogP contribution in [0.25, 0.3) is 0 Å². The Morgan fingerprint density at radius 2 is 2.36 bits per heavy atom. The van der Waals surface area contributed by atoms with Crippen LogP contribution >= 0.6 is 11.8 Å². The van der Waals surface area contributed by atoms with Crippen LogP contribution in [-0.4, -0.2) is 16.3 Å². The fourth-order valence-electron chi connectivity index (χ4n) is 1.72. The summed E-state index contributed by atoms with van der Waals surface area (Å²) in [7, 11) is 0. The van der Waals surface area contributed by atoms with Crippen molar-refractivity contribution in [3.63, 3.8) is 0 Å². The van der Waals surface area contributed by atoms with Crippen molar-refractivity contribution in [3.8, 4) is 0 Å². The van der Waals surface area contributed by atoms with Gasteiger partial charge in [-0.2, -0.15) is 0 Å². The van der Waals surface area contributed by atoms with E-state index in [2.05, 4.69) is 6.92 Å². The van der Waals surface area contributed by atoms with Gasteiger partial charge in [-0.1, -0.05) is 6.92 Å². The lowest BCUT2D eigenvalue weighted by molar-refractivity contribution is 0.0695. The molecule has 3 nitrogen and oxygen atoms in total. The van der Waals surface area contributed by atoms with E-state index in [1.807, 2.05) is 6.07 Å². The van der Waals surface area contributed by atoms with Gasteiger partial charge in [0.05, 0.1) is 5.56 Å². The molecule has 0 fully saturated rings. The highest BCUT2D eigenvalue weighted by atomic mass is 32.2. The normalized spacial score (nSPS) is 19.4. The Morgan fingerprint density at radius 3 is 3.00 bits per heavy atom. The quantitative estimate of drug-likeness (QED) is 0.694. The molecule has 14 heavy (non-hydrogen) atoms. The minimum absolute atomic E-state index is 0.358. The minimum Gasteiger partial charge on any atom is -0.478 e. The average molecular weight is 209 g/mol. The number of rotatable bonds is 1. The summed E-state index contributed by atoms with van der Waals surface area (Å²) in [5.74, 6) is -0.886. The molecule has 1 aliphatic heterocycles. The lowest BCUT2D eigenvalue weighted by Gasteiger charge is -2.04. The third-order valence-electron chi connectivity index (χ3n) is 2.28. The number of nitrogen functional groups attached to an aromatic ring is 1. The van der Waals surface area contributed by atoms with E-state index in [9.17, 15) is 4.79 Å². The number of nitrogens with two attached hydrogens (primary N) is 1. The maximum Gasteiger partial charge on any atom is 0.336 e. The SMILES string of the molecule is CC1Cc2c(cc(N)cc2C(=O)O)S1. The largest absolute Gasteiger partial charge is 0.478 e. The number of fused-ring (bicyclic) bond motifs is 1. The molecular weight excluding hydrogens is 198 g/mol. The number of carbonyl (C=O) groups is 1. The number of benzene rings is 1. The van der Waals surface area contributed by atoms with Crippen molar-refractivity contribution in [1.29, 1.82) is 0 Å². The van der Waals surface area contributed by atoms with Gasteiger partial charge in [0.1, 0.15) is 0 Å². The number of hydrogen-bond donors (Lipinski definition) is 2. The van der Waals surface area contributed by atoms with Gasteiger partial charge in [-0.05, 0) is 24.1 Å². The Hall–Kier alpha value is -1.16. The lowest BCUT2D eigenvalue weighted by atomic mass is 10.0. The van der Waals surface area contributed by atoms with E-state index in [0.717, 1.165) is 16.9 Å². The van der Waals surface area contributed by atoms with Crippen molar-refractivity contribution in [1.82, 2.24) is 0 Å². The number of anilines is 1. The molecule has 1 atom stereocenters. The zero-order valence-corrected chi connectivity index (χ0v) is 8.60. The van der Waals surface area contributed by atoms with Gasteiger partial charge < -0.3 is 10.8 Å². The van der Waals surface area contributed by atoms with E-state index in [0.29, 0.717) is 16.5 Å². The van der Waals surface area contributed by atoms with Crippen molar-refractivity contribution < 1.29 is 9.90 Å². The average Bonchev–Trinajstić information content (AvgIpc) is 2.42. The van der Waals surface area contributed by atoms with E-state index < -0.39 is 5.97 Å². The molecule has 2 rings (SSSR count). The van der Waals surface area contributed by atoms with Gasteiger partial charge in [0, 0.05) is 15.8 Å². The van der Waals surface area contributed by atoms with Crippen LogP contribution in [-0.2, 0) is 6.42 Å². The fourth-order valence-corrected chi connectivity index (χ4v) is 2.94. The predicted molar refractivity (Wildman–Crippen MR) is 56.8 cm³/mol. The molecule has 1 aromatic rings. The first-order valence-corrected chi connectivity index (χ1v) is 5.28.